The van der Waals surface area contributed by atoms with E-state index in [4.69, 9.17) is 4.74 Å². The van der Waals surface area contributed by atoms with Crippen molar-refractivity contribution in [3.05, 3.63) is 76.4 Å². The summed E-state index contributed by atoms with van der Waals surface area (Å²) < 4.78 is 46.0. The monoisotopic (exact) mass is 434 g/mol. The summed E-state index contributed by atoms with van der Waals surface area (Å²) in [6.45, 7) is 0. The zero-order valence-corrected chi connectivity index (χ0v) is 16.3. The SMILES string of the molecule is COc1ccc(S(=O)(=O)NC(=O)Cc2ccn(-c3ccc(F)cc3)n2)c([N+](=O)[O-])c1. The smallest absolute Gasteiger partial charge is 0.293 e. The second-order valence-electron chi connectivity index (χ2n) is 6.02. The molecule has 0 atom stereocenters. The Labute approximate surface area is 170 Å². The molecule has 30 heavy (non-hydrogen) atoms. The third-order valence-electron chi connectivity index (χ3n) is 3.98. The van der Waals surface area contributed by atoms with Gasteiger partial charge in [0, 0.05) is 6.20 Å². The highest BCUT2D eigenvalue weighted by molar-refractivity contribution is 7.90. The third kappa shape index (κ3) is 4.60. The molecule has 3 rings (SSSR count). The van der Waals surface area contributed by atoms with Crippen LogP contribution in [0, 0.1) is 15.9 Å². The van der Waals surface area contributed by atoms with Crippen molar-refractivity contribution in [3.63, 3.8) is 0 Å². The van der Waals surface area contributed by atoms with Crippen molar-refractivity contribution in [3.8, 4) is 11.4 Å². The Hall–Kier alpha value is -3.80. The number of sulfonamides is 1. The van der Waals surface area contributed by atoms with Gasteiger partial charge < -0.3 is 4.74 Å². The van der Waals surface area contributed by atoms with Crippen LogP contribution in [0.15, 0.2) is 59.6 Å². The number of amides is 1. The molecular weight excluding hydrogens is 419 g/mol. The highest BCUT2D eigenvalue weighted by Crippen LogP contribution is 2.28. The van der Waals surface area contributed by atoms with E-state index in [9.17, 15) is 27.7 Å². The zero-order valence-electron chi connectivity index (χ0n) is 15.5. The third-order valence-corrected chi connectivity index (χ3v) is 5.40. The minimum atomic E-state index is -4.50. The Morgan fingerprint density at radius 1 is 1.23 bits per heavy atom. The number of methoxy groups -OCH3 is 1. The fraction of sp³-hybridized carbons (Fsp3) is 0.111. The van der Waals surface area contributed by atoms with Crippen molar-refractivity contribution in [1.29, 1.82) is 0 Å². The molecule has 0 aliphatic carbocycles. The molecule has 156 valence electrons. The topological polar surface area (TPSA) is 133 Å². The molecule has 0 unspecified atom stereocenters. The van der Waals surface area contributed by atoms with Gasteiger partial charge in [-0.25, -0.2) is 22.2 Å². The summed E-state index contributed by atoms with van der Waals surface area (Å²) in [5.41, 5.74) is 0.0658. The summed E-state index contributed by atoms with van der Waals surface area (Å²) in [4.78, 5) is 21.9. The van der Waals surface area contributed by atoms with Gasteiger partial charge in [-0.2, -0.15) is 5.10 Å². The largest absolute Gasteiger partial charge is 0.497 e. The van der Waals surface area contributed by atoms with Gasteiger partial charge in [0.1, 0.15) is 11.6 Å². The summed E-state index contributed by atoms with van der Waals surface area (Å²) >= 11 is 0. The van der Waals surface area contributed by atoms with E-state index in [1.54, 1.807) is 4.72 Å². The molecular formula is C18H15FN4O6S. The normalized spacial score (nSPS) is 11.1. The fourth-order valence-corrected chi connectivity index (χ4v) is 3.73. The summed E-state index contributed by atoms with van der Waals surface area (Å²) in [6, 6.07) is 10.1. The van der Waals surface area contributed by atoms with Crippen LogP contribution in [-0.2, 0) is 21.2 Å². The number of rotatable bonds is 7. The van der Waals surface area contributed by atoms with Crippen LogP contribution in [0.4, 0.5) is 10.1 Å². The molecule has 0 fully saturated rings. The van der Waals surface area contributed by atoms with Crippen molar-refractivity contribution in [2.45, 2.75) is 11.3 Å². The van der Waals surface area contributed by atoms with Crippen LogP contribution in [0.2, 0.25) is 0 Å². The van der Waals surface area contributed by atoms with E-state index >= 15 is 0 Å². The Bertz CT molecular complexity index is 1210. The standard InChI is InChI=1S/C18H15FN4O6S/c1-29-15-6-7-17(16(11-15)23(25)26)30(27,28)21-18(24)10-13-8-9-22(20-13)14-4-2-12(19)3-5-14/h2-9,11H,10H2,1H3,(H,21,24). The van der Waals surface area contributed by atoms with Gasteiger partial charge in [0.15, 0.2) is 4.90 Å². The van der Waals surface area contributed by atoms with Crippen LogP contribution in [0.25, 0.3) is 5.69 Å². The van der Waals surface area contributed by atoms with Gasteiger partial charge in [-0.05, 0) is 42.5 Å². The average molecular weight is 434 g/mol. The van der Waals surface area contributed by atoms with Crippen LogP contribution >= 0.6 is 0 Å². The van der Waals surface area contributed by atoms with Crippen molar-refractivity contribution in [2.75, 3.05) is 7.11 Å². The van der Waals surface area contributed by atoms with Crippen LogP contribution in [-0.4, -0.2) is 36.1 Å². The van der Waals surface area contributed by atoms with Crippen molar-refractivity contribution >= 4 is 21.6 Å². The number of nitrogens with zero attached hydrogens (tertiary/aromatic N) is 3. The lowest BCUT2D eigenvalue weighted by atomic mass is 10.3. The molecule has 1 aromatic heterocycles. The van der Waals surface area contributed by atoms with Crippen molar-refractivity contribution in [2.24, 2.45) is 0 Å². The van der Waals surface area contributed by atoms with E-state index in [1.807, 2.05) is 0 Å². The van der Waals surface area contributed by atoms with Gasteiger partial charge in [-0.1, -0.05) is 0 Å². The second kappa shape index (κ2) is 8.29. The van der Waals surface area contributed by atoms with Crippen molar-refractivity contribution in [1.82, 2.24) is 14.5 Å². The number of halogens is 1. The first kappa shape index (κ1) is 20.9. The molecule has 1 amide bonds. The van der Waals surface area contributed by atoms with E-state index in [1.165, 1.54) is 54.4 Å². The Balaban J connectivity index is 1.76. The van der Waals surface area contributed by atoms with Gasteiger partial charge in [0.05, 0.1) is 35.9 Å². The molecule has 0 saturated carbocycles. The molecule has 10 nitrogen and oxygen atoms in total. The summed E-state index contributed by atoms with van der Waals surface area (Å²) in [5.74, 6) is -1.24. The number of nitrogens with one attached hydrogen (secondary N) is 1. The molecule has 3 aromatic rings. The maximum atomic E-state index is 13.0. The highest BCUT2D eigenvalue weighted by atomic mass is 32.2. The van der Waals surface area contributed by atoms with Crippen LogP contribution in [0.1, 0.15) is 5.69 Å². The van der Waals surface area contributed by atoms with Gasteiger partial charge in [-0.15, -0.1) is 0 Å². The molecule has 12 heteroatoms. The van der Waals surface area contributed by atoms with E-state index in [0.29, 0.717) is 5.69 Å². The molecule has 0 aliphatic rings. The van der Waals surface area contributed by atoms with E-state index in [-0.39, 0.29) is 11.4 Å². The van der Waals surface area contributed by atoms with Gasteiger partial charge in [-0.3, -0.25) is 14.9 Å². The number of nitro groups is 1. The Morgan fingerprint density at radius 3 is 2.57 bits per heavy atom. The molecule has 2 aromatic carbocycles. The molecule has 0 saturated heterocycles. The molecule has 1 heterocycles. The lowest BCUT2D eigenvalue weighted by Crippen LogP contribution is -2.32. The number of nitro benzene ring substituents is 1. The van der Waals surface area contributed by atoms with Gasteiger partial charge in [0.2, 0.25) is 5.91 Å². The number of benzene rings is 2. The summed E-state index contributed by atoms with van der Waals surface area (Å²) in [5, 5.41) is 15.3. The number of hydrogen-bond donors (Lipinski definition) is 1. The maximum Gasteiger partial charge on any atom is 0.293 e. The summed E-state index contributed by atoms with van der Waals surface area (Å²) in [6.07, 6.45) is 1.13. The van der Waals surface area contributed by atoms with E-state index in [0.717, 1.165) is 12.1 Å². The lowest BCUT2D eigenvalue weighted by Gasteiger charge is -2.08. The Kier molecular flexibility index (Phi) is 5.78. The lowest BCUT2D eigenvalue weighted by molar-refractivity contribution is -0.387. The molecule has 1 N–H and O–H groups in total. The first-order valence-electron chi connectivity index (χ1n) is 8.38. The fourth-order valence-electron chi connectivity index (χ4n) is 2.59. The van der Waals surface area contributed by atoms with Crippen LogP contribution in [0.3, 0.4) is 0 Å². The number of hydrogen-bond acceptors (Lipinski definition) is 7. The van der Waals surface area contributed by atoms with Gasteiger partial charge >= 0.3 is 0 Å². The number of ether oxygens (including phenoxy) is 1. The Morgan fingerprint density at radius 2 is 1.93 bits per heavy atom. The zero-order chi connectivity index (χ0) is 21.9. The van der Waals surface area contributed by atoms with Gasteiger partial charge in [0.25, 0.3) is 15.7 Å². The molecule has 0 bridgehead atoms. The molecule has 0 radical (unpaired) electrons. The van der Waals surface area contributed by atoms with E-state index < -0.39 is 43.7 Å². The first-order chi connectivity index (χ1) is 14.2. The first-order valence-corrected chi connectivity index (χ1v) is 9.86. The number of carbonyl (C=O) groups excluding carboxylic acids is 1. The van der Waals surface area contributed by atoms with Crippen LogP contribution < -0.4 is 9.46 Å². The minimum Gasteiger partial charge on any atom is -0.497 e. The quantitative estimate of drug-likeness (QED) is 0.444. The molecule has 0 spiro atoms. The minimum absolute atomic E-state index is 0.0957. The van der Waals surface area contributed by atoms with E-state index in [2.05, 4.69) is 5.10 Å². The predicted octanol–water partition coefficient (Wildman–Crippen LogP) is 1.98. The summed E-state index contributed by atoms with van der Waals surface area (Å²) in [7, 11) is -3.23. The van der Waals surface area contributed by atoms with Crippen LogP contribution in [0.5, 0.6) is 5.75 Å². The second-order valence-corrected chi connectivity index (χ2v) is 7.68. The molecule has 0 aliphatic heterocycles. The average Bonchev–Trinajstić information content (AvgIpc) is 3.15. The predicted molar refractivity (Wildman–Crippen MR) is 102 cm³/mol. The highest BCUT2D eigenvalue weighted by Gasteiger charge is 2.28. The number of carbonyl (C=O) groups is 1. The number of aromatic nitrogens is 2. The maximum absolute atomic E-state index is 13.0. The van der Waals surface area contributed by atoms with Crippen molar-refractivity contribution < 1.29 is 27.3 Å².